The summed E-state index contributed by atoms with van der Waals surface area (Å²) >= 11 is 0. The fourth-order valence-corrected chi connectivity index (χ4v) is 2.57. The SMILES string of the molecule is CCCCCCCCCCCCC1=CC(F)(F)C1(F)F. The molecule has 0 aromatic rings. The Kier molecular flexibility index (Phi) is 7.04. The van der Waals surface area contributed by atoms with Gasteiger partial charge in [0.15, 0.2) is 0 Å². The van der Waals surface area contributed by atoms with E-state index in [-0.39, 0.29) is 12.0 Å². The van der Waals surface area contributed by atoms with Crippen LogP contribution >= 0.6 is 0 Å². The van der Waals surface area contributed by atoms with Crippen molar-refractivity contribution in [2.24, 2.45) is 0 Å². The molecule has 0 aromatic heterocycles. The highest BCUT2D eigenvalue weighted by Gasteiger charge is 2.64. The Hall–Kier alpha value is -0.540. The smallest absolute Gasteiger partial charge is 0.195 e. The molecule has 20 heavy (non-hydrogen) atoms. The minimum Gasteiger partial charge on any atom is -0.195 e. The number of allylic oxidation sites excluding steroid dienone is 2. The third-order valence-corrected chi connectivity index (χ3v) is 3.98. The van der Waals surface area contributed by atoms with Gasteiger partial charge in [-0.2, -0.15) is 17.6 Å². The number of hydrogen-bond acceptors (Lipinski definition) is 0. The van der Waals surface area contributed by atoms with Crippen molar-refractivity contribution in [2.75, 3.05) is 0 Å². The van der Waals surface area contributed by atoms with Gasteiger partial charge in [0, 0.05) is 5.57 Å². The summed E-state index contributed by atoms with van der Waals surface area (Å²) in [4.78, 5) is 0. The van der Waals surface area contributed by atoms with Gasteiger partial charge in [-0.3, -0.25) is 0 Å². The van der Waals surface area contributed by atoms with E-state index < -0.39 is 11.8 Å². The molecule has 1 rings (SSSR count). The van der Waals surface area contributed by atoms with E-state index in [4.69, 9.17) is 0 Å². The van der Waals surface area contributed by atoms with Gasteiger partial charge in [-0.05, 0) is 18.9 Å². The summed E-state index contributed by atoms with van der Waals surface area (Å²) in [5, 5.41) is 0. The molecule has 0 unspecified atom stereocenters. The van der Waals surface area contributed by atoms with Crippen LogP contribution in [-0.4, -0.2) is 11.8 Å². The Morgan fingerprint density at radius 1 is 0.750 bits per heavy atom. The molecule has 0 saturated heterocycles. The van der Waals surface area contributed by atoms with Crippen molar-refractivity contribution in [3.63, 3.8) is 0 Å². The van der Waals surface area contributed by atoms with Gasteiger partial charge < -0.3 is 0 Å². The molecule has 1 aliphatic rings. The lowest BCUT2D eigenvalue weighted by Gasteiger charge is -2.35. The highest BCUT2D eigenvalue weighted by Crippen LogP contribution is 2.51. The lowest BCUT2D eigenvalue weighted by Crippen LogP contribution is -2.49. The molecule has 0 atom stereocenters. The Morgan fingerprint density at radius 3 is 1.60 bits per heavy atom. The zero-order valence-electron chi connectivity index (χ0n) is 12.4. The van der Waals surface area contributed by atoms with Crippen molar-refractivity contribution in [3.8, 4) is 0 Å². The molecule has 0 N–H and O–H groups in total. The van der Waals surface area contributed by atoms with Crippen LogP contribution < -0.4 is 0 Å². The maximum atomic E-state index is 12.9. The van der Waals surface area contributed by atoms with Gasteiger partial charge in [-0.15, -0.1) is 0 Å². The lowest BCUT2D eigenvalue weighted by atomic mass is 9.85. The van der Waals surface area contributed by atoms with Gasteiger partial charge in [0.25, 0.3) is 0 Å². The minimum absolute atomic E-state index is 0.110. The molecule has 0 nitrogen and oxygen atoms in total. The first-order valence-electron chi connectivity index (χ1n) is 7.89. The summed E-state index contributed by atoms with van der Waals surface area (Å²) in [6, 6.07) is 0. The highest BCUT2D eigenvalue weighted by molar-refractivity contribution is 5.34. The standard InChI is InChI=1S/C16H26F4/c1-2-3-4-5-6-7-8-9-10-11-12-14-13-15(17,18)16(14,19)20/h13H,2-12H2,1H3. The molecular formula is C16H26F4. The molecule has 1 aliphatic carbocycles. The quantitative estimate of drug-likeness (QED) is 0.231. The van der Waals surface area contributed by atoms with Crippen LogP contribution in [0.4, 0.5) is 17.6 Å². The van der Waals surface area contributed by atoms with Crippen LogP contribution in [0.3, 0.4) is 0 Å². The van der Waals surface area contributed by atoms with Crippen molar-refractivity contribution in [1.29, 1.82) is 0 Å². The van der Waals surface area contributed by atoms with Gasteiger partial charge >= 0.3 is 11.8 Å². The van der Waals surface area contributed by atoms with Crippen LogP contribution in [0.5, 0.6) is 0 Å². The molecule has 0 aliphatic heterocycles. The van der Waals surface area contributed by atoms with Crippen LogP contribution in [0, 0.1) is 0 Å². The van der Waals surface area contributed by atoms with Gasteiger partial charge in [0.05, 0.1) is 0 Å². The largest absolute Gasteiger partial charge is 0.335 e. The van der Waals surface area contributed by atoms with Crippen molar-refractivity contribution in [1.82, 2.24) is 0 Å². The fourth-order valence-electron chi connectivity index (χ4n) is 2.57. The van der Waals surface area contributed by atoms with Crippen LogP contribution in [0.25, 0.3) is 0 Å². The van der Waals surface area contributed by atoms with Crippen LogP contribution in [-0.2, 0) is 0 Å². The Morgan fingerprint density at radius 2 is 1.20 bits per heavy atom. The summed E-state index contributed by atoms with van der Waals surface area (Å²) < 4.78 is 51.0. The number of halogens is 4. The third kappa shape index (κ3) is 4.78. The number of hydrogen-bond donors (Lipinski definition) is 0. The predicted molar refractivity (Wildman–Crippen MR) is 74.4 cm³/mol. The van der Waals surface area contributed by atoms with Gasteiger partial charge in [0.2, 0.25) is 0 Å². The van der Waals surface area contributed by atoms with E-state index in [1.165, 1.54) is 38.5 Å². The Labute approximate surface area is 119 Å². The average molecular weight is 294 g/mol. The second-order valence-electron chi connectivity index (χ2n) is 5.80. The van der Waals surface area contributed by atoms with E-state index in [1.807, 2.05) is 0 Å². The lowest BCUT2D eigenvalue weighted by molar-refractivity contribution is -0.181. The average Bonchev–Trinajstić information content (AvgIpc) is 2.39. The minimum atomic E-state index is -3.92. The highest BCUT2D eigenvalue weighted by atomic mass is 19.3. The van der Waals surface area contributed by atoms with E-state index in [0.717, 1.165) is 19.3 Å². The van der Waals surface area contributed by atoms with Crippen molar-refractivity contribution >= 4 is 0 Å². The summed E-state index contributed by atoms with van der Waals surface area (Å²) in [5.74, 6) is -7.81. The number of alkyl halides is 4. The molecule has 0 saturated carbocycles. The van der Waals surface area contributed by atoms with Crippen molar-refractivity contribution in [3.05, 3.63) is 11.6 Å². The fraction of sp³-hybridized carbons (Fsp3) is 0.875. The molecule has 0 radical (unpaired) electrons. The zero-order chi connectivity index (χ0) is 15.1. The normalized spacial score (nSPS) is 19.6. The molecule has 0 aromatic carbocycles. The van der Waals surface area contributed by atoms with E-state index in [9.17, 15) is 17.6 Å². The maximum Gasteiger partial charge on any atom is 0.335 e. The summed E-state index contributed by atoms with van der Waals surface area (Å²) in [7, 11) is 0. The third-order valence-electron chi connectivity index (χ3n) is 3.98. The van der Waals surface area contributed by atoms with E-state index in [1.54, 1.807) is 0 Å². The van der Waals surface area contributed by atoms with E-state index in [2.05, 4.69) is 6.92 Å². The summed E-state index contributed by atoms with van der Waals surface area (Å²) in [5.41, 5.74) is -0.373. The monoisotopic (exact) mass is 294 g/mol. The topological polar surface area (TPSA) is 0 Å². The van der Waals surface area contributed by atoms with Gasteiger partial charge in [-0.25, -0.2) is 0 Å². The van der Waals surface area contributed by atoms with Crippen molar-refractivity contribution in [2.45, 2.75) is 89.4 Å². The molecule has 0 fully saturated rings. The zero-order valence-corrected chi connectivity index (χ0v) is 12.4. The molecule has 4 heteroatoms. The van der Waals surface area contributed by atoms with Crippen LogP contribution in [0.1, 0.15) is 77.6 Å². The first-order valence-corrected chi connectivity index (χ1v) is 7.89. The van der Waals surface area contributed by atoms with Crippen LogP contribution in [0.2, 0.25) is 0 Å². The van der Waals surface area contributed by atoms with Gasteiger partial charge in [-0.1, -0.05) is 64.7 Å². The summed E-state index contributed by atoms with van der Waals surface area (Å²) in [6.07, 6.45) is 11.7. The molecule has 0 bridgehead atoms. The second kappa shape index (κ2) is 8.04. The molecule has 0 amide bonds. The maximum absolute atomic E-state index is 12.9. The second-order valence-corrected chi connectivity index (χ2v) is 5.80. The van der Waals surface area contributed by atoms with Crippen LogP contribution in [0.15, 0.2) is 11.6 Å². The molecule has 0 heterocycles. The number of unbranched alkanes of at least 4 members (excludes halogenated alkanes) is 9. The van der Waals surface area contributed by atoms with Gasteiger partial charge in [0.1, 0.15) is 0 Å². The van der Waals surface area contributed by atoms with E-state index >= 15 is 0 Å². The Balaban J connectivity index is 1.94. The van der Waals surface area contributed by atoms with E-state index in [0.29, 0.717) is 12.5 Å². The molecule has 0 spiro atoms. The van der Waals surface area contributed by atoms with Crippen molar-refractivity contribution < 1.29 is 17.6 Å². The first-order chi connectivity index (χ1) is 9.42. The predicted octanol–water partition coefficient (Wildman–Crippen LogP) is 6.51. The molecular weight excluding hydrogens is 268 g/mol. The summed E-state index contributed by atoms with van der Waals surface area (Å²) in [6.45, 7) is 2.19. The number of rotatable bonds is 11. The molecule has 118 valence electrons. The first kappa shape index (κ1) is 17.5. The Bertz CT molecular complexity index is 308.